The summed E-state index contributed by atoms with van der Waals surface area (Å²) >= 11 is 0. The maximum Gasteiger partial charge on any atom is 0.184 e. The van der Waals surface area contributed by atoms with Crippen LogP contribution in [-0.2, 0) is 4.12 Å². The molecule has 1 rings (SSSR count). The topological polar surface area (TPSA) is 9.23 Å². The van der Waals surface area contributed by atoms with Crippen molar-refractivity contribution in [2.45, 2.75) is 70.0 Å². The van der Waals surface area contributed by atoms with Crippen LogP contribution in [0.2, 0.25) is 17.1 Å². The Morgan fingerprint density at radius 1 is 1.14 bits per heavy atom. The average Bonchev–Trinajstić information content (AvgIpc) is 2.22. The van der Waals surface area contributed by atoms with Crippen molar-refractivity contribution in [2.24, 2.45) is 0 Å². The molecule has 1 fully saturated rings. The van der Waals surface area contributed by atoms with Crippen molar-refractivity contribution in [1.29, 1.82) is 0 Å². The quantitative estimate of drug-likeness (QED) is 0.675. The van der Waals surface area contributed by atoms with E-state index >= 15 is 0 Å². The van der Waals surface area contributed by atoms with Crippen LogP contribution in [0.5, 0.6) is 0 Å². The van der Waals surface area contributed by atoms with Gasteiger partial charge in [-0.05, 0) is 30.0 Å². The van der Waals surface area contributed by atoms with Gasteiger partial charge in [0.1, 0.15) is 10.5 Å². The van der Waals surface area contributed by atoms with Crippen molar-refractivity contribution in [3.8, 4) is 0 Å². The lowest BCUT2D eigenvalue weighted by Crippen LogP contribution is -2.49. The van der Waals surface area contributed by atoms with Crippen molar-refractivity contribution in [3.05, 3.63) is 0 Å². The fourth-order valence-corrected chi connectivity index (χ4v) is 11.2. The van der Waals surface area contributed by atoms with Gasteiger partial charge in [-0.2, -0.15) is 0 Å². The molecule has 84 valence electrons. The summed E-state index contributed by atoms with van der Waals surface area (Å²) < 4.78 is 6.16. The third kappa shape index (κ3) is 2.00. The highest BCUT2D eigenvalue weighted by Crippen LogP contribution is 2.53. The zero-order valence-corrected chi connectivity index (χ0v) is 13.4. The molecule has 14 heavy (non-hydrogen) atoms. The van der Waals surface area contributed by atoms with Gasteiger partial charge in [0, 0.05) is 0 Å². The number of hydrogen-bond donors (Lipinski definition) is 0. The Morgan fingerprint density at radius 3 is 2.00 bits per heavy atom. The molecule has 0 spiro atoms. The van der Waals surface area contributed by atoms with E-state index in [9.17, 15) is 0 Å². The van der Waals surface area contributed by atoms with Gasteiger partial charge >= 0.3 is 0 Å². The Kier molecular flexibility index (Phi) is 4.40. The lowest BCUT2D eigenvalue weighted by molar-refractivity contribution is 0.348. The van der Waals surface area contributed by atoms with Gasteiger partial charge < -0.3 is 4.12 Å². The minimum absolute atomic E-state index is 0.594. The smallest absolute Gasteiger partial charge is 0.184 e. The van der Waals surface area contributed by atoms with E-state index in [2.05, 4.69) is 20.8 Å². The summed E-state index contributed by atoms with van der Waals surface area (Å²) in [5, 5.41) is 0.594. The summed E-state index contributed by atoms with van der Waals surface area (Å²) in [7, 11) is -0.435. The second kappa shape index (κ2) is 4.95. The summed E-state index contributed by atoms with van der Waals surface area (Å²) in [5.74, 6) is 0. The molecule has 3 heteroatoms. The second-order valence-electron chi connectivity index (χ2n) is 5.03. The minimum Gasteiger partial charge on any atom is -0.463 e. The maximum absolute atomic E-state index is 6.16. The van der Waals surface area contributed by atoms with Crippen LogP contribution in [0.3, 0.4) is 0 Å². The van der Waals surface area contributed by atoms with Crippen LogP contribution in [0.15, 0.2) is 0 Å². The molecule has 1 aliphatic carbocycles. The predicted octanol–water partition coefficient (Wildman–Crippen LogP) is 2.99. The van der Waals surface area contributed by atoms with E-state index in [1.54, 1.807) is 0 Å². The highest BCUT2D eigenvalue weighted by molar-refractivity contribution is 6.78. The van der Waals surface area contributed by atoms with Crippen LogP contribution in [0.1, 0.15) is 52.9 Å². The first-order valence-electron chi connectivity index (χ1n) is 6.19. The zero-order valence-electron chi connectivity index (χ0n) is 10.4. The largest absolute Gasteiger partial charge is 0.463 e. The van der Waals surface area contributed by atoms with Crippen molar-refractivity contribution >= 4 is 18.8 Å². The van der Waals surface area contributed by atoms with Gasteiger partial charge in [-0.3, -0.25) is 0 Å². The first-order chi connectivity index (χ1) is 6.64. The summed E-state index contributed by atoms with van der Waals surface area (Å²) in [4.78, 5) is 0. The Bertz CT molecular complexity index is 164. The van der Waals surface area contributed by atoms with E-state index in [1.165, 1.54) is 44.2 Å². The zero-order chi connectivity index (χ0) is 10.7. The summed E-state index contributed by atoms with van der Waals surface area (Å²) in [6.07, 6.45) is 7.20. The highest BCUT2D eigenvalue weighted by atomic mass is 28.4. The standard InChI is InChI=1S/C11H26OSi2/c1-4-14(5-2,12-13)11(3)9-7-6-8-10-11/h4-10H2,1-3,13H3. The molecule has 0 aromatic rings. The molecule has 0 N–H and O–H groups in total. The first-order valence-corrected chi connectivity index (χ1v) is 9.33. The van der Waals surface area contributed by atoms with E-state index in [0.717, 1.165) is 10.5 Å². The molecule has 0 heterocycles. The number of rotatable bonds is 4. The molecular weight excluding hydrogens is 204 g/mol. The van der Waals surface area contributed by atoms with Gasteiger partial charge in [-0.15, -0.1) is 0 Å². The van der Waals surface area contributed by atoms with Crippen LogP contribution in [0, 0.1) is 0 Å². The maximum atomic E-state index is 6.16. The van der Waals surface area contributed by atoms with Gasteiger partial charge in [0.05, 0.1) is 0 Å². The molecule has 1 aliphatic rings. The molecule has 0 unspecified atom stereocenters. The first kappa shape index (κ1) is 12.5. The van der Waals surface area contributed by atoms with Gasteiger partial charge in [-0.1, -0.05) is 40.0 Å². The average molecular weight is 230 g/mol. The normalized spacial score (nSPS) is 22.5. The van der Waals surface area contributed by atoms with Gasteiger partial charge in [0.2, 0.25) is 0 Å². The van der Waals surface area contributed by atoms with Crippen molar-refractivity contribution < 1.29 is 4.12 Å². The molecule has 0 amide bonds. The third-order valence-electron chi connectivity index (χ3n) is 4.59. The Hall–Kier alpha value is 0.394. The van der Waals surface area contributed by atoms with E-state index in [4.69, 9.17) is 4.12 Å². The van der Waals surface area contributed by atoms with E-state index in [1.807, 2.05) is 0 Å². The van der Waals surface area contributed by atoms with Crippen LogP contribution in [-0.4, -0.2) is 18.8 Å². The highest BCUT2D eigenvalue weighted by Gasteiger charge is 2.48. The minimum atomic E-state index is -1.38. The molecule has 0 bridgehead atoms. The number of hydrogen-bond acceptors (Lipinski definition) is 1. The molecular formula is C11H26OSi2. The van der Waals surface area contributed by atoms with Crippen LogP contribution < -0.4 is 0 Å². The van der Waals surface area contributed by atoms with Crippen LogP contribution in [0.25, 0.3) is 0 Å². The third-order valence-corrected chi connectivity index (χ3v) is 12.7. The van der Waals surface area contributed by atoms with Crippen molar-refractivity contribution in [1.82, 2.24) is 0 Å². The Morgan fingerprint density at radius 2 is 1.64 bits per heavy atom. The van der Waals surface area contributed by atoms with Gasteiger partial charge in [0.25, 0.3) is 0 Å². The molecule has 0 aromatic heterocycles. The molecule has 0 aliphatic heterocycles. The Balaban J connectivity index is 2.83. The molecule has 1 nitrogen and oxygen atoms in total. The molecule has 0 saturated heterocycles. The lowest BCUT2D eigenvalue weighted by atomic mass is 9.90. The second-order valence-corrected chi connectivity index (χ2v) is 11.3. The summed E-state index contributed by atoms with van der Waals surface area (Å²) in [6.45, 7) is 7.23. The van der Waals surface area contributed by atoms with E-state index < -0.39 is 8.32 Å². The van der Waals surface area contributed by atoms with E-state index in [0.29, 0.717) is 5.04 Å². The molecule has 0 aromatic carbocycles. The van der Waals surface area contributed by atoms with E-state index in [-0.39, 0.29) is 0 Å². The van der Waals surface area contributed by atoms with Gasteiger partial charge in [0.15, 0.2) is 8.32 Å². The molecule has 0 atom stereocenters. The fourth-order valence-electron chi connectivity index (χ4n) is 3.43. The van der Waals surface area contributed by atoms with Crippen molar-refractivity contribution in [3.63, 3.8) is 0 Å². The monoisotopic (exact) mass is 230 g/mol. The van der Waals surface area contributed by atoms with Crippen LogP contribution in [0.4, 0.5) is 0 Å². The fraction of sp³-hybridized carbons (Fsp3) is 1.00. The summed E-state index contributed by atoms with van der Waals surface area (Å²) in [6, 6.07) is 2.65. The SMILES string of the molecule is CC[Si](CC)(O[SiH3])C1(C)CCCCC1. The van der Waals surface area contributed by atoms with Crippen molar-refractivity contribution in [2.75, 3.05) is 0 Å². The van der Waals surface area contributed by atoms with Gasteiger partial charge in [-0.25, -0.2) is 0 Å². The predicted molar refractivity (Wildman–Crippen MR) is 69.2 cm³/mol. The molecule has 1 saturated carbocycles. The Labute approximate surface area is 93.3 Å². The van der Waals surface area contributed by atoms with Crippen LogP contribution >= 0.6 is 0 Å². The molecule has 0 radical (unpaired) electrons. The summed E-state index contributed by atoms with van der Waals surface area (Å²) in [5.41, 5.74) is 0. The lowest BCUT2D eigenvalue weighted by Gasteiger charge is -2.48.